The lowest BCUT2D eigenvalue weighted by Crippen LogP contribution is -2.43. The maximum absolute atomic E-state index is 8.02. The van der Waals surface area contributed by atoms with Gasteiger partial charge in [-0.25, -0.2) is 4.98 Å². The van der Waals surface area contributed by atoms with Crippen molar-refractivity contribution in [2.75, 3.05) is 24.7 Å². The van der Waals surface area contributed by atoms with Crippen LogP contribution in [0.3, 0.4) is 0 Å². The Morgan fingerprint density at radius 1 is 1.48 bits per heavy atom. The van der Waals surface area contributed by atoms with E-state index in [0.717, 1.165) is 17.6 Å². The van der Waals surface area contributed by atoms with E-state index in [9.17, 15) is 0 Å². The van der Waals surface area contributed by atoms with Crippen molar-refractivity contribution >= 4 is 16.7 Å². The Morgan fingerprint density at radius 2 is 2.43 bits per heavy atom. The number of anilines is 1. The van der Waals surface area contributed by atoms with Gasteiger partial charge >= 0.3 is 0 Å². The Bertz CT molecular complexity index is 799. The van der Waals surface area contributed by atoms with Crippen LogP contribution in [0.15, 0.2) is 30.7 Å². The van der Waals surface area contributed by atoms with Gasteiger partial charge in [-0.1, -0.05) is 0 Å². The number of H-pyrrole nitrogens is 1. The van der Waals surface area contributed by atoms with Crippen LogP contribution in [-0.2, 0) is 4.74 Å². The van der Waals surface area contributed by atoms with Crippen LogP contribution in [0, 0.1) is 0 Å². The Balaban J connectivity index is 1.89. The van der Waals surface area contributed by atoms with Crippen LogP contribution >= 0.6 is 0 Å². The van der Waals surface area contributed by atoms with Gasteiger partial charge in [-0.3, -0.25) is 5.10 Å². The molecule has 1 aliphatic heterocycles. The zero-order chi connectivity index (χ0) is 15.1. The number of ether oxygens (including phenoxy) is 1. The predicted octanol–water partition coefficient (Wildman–Crippen LogP) is 1.37. The summed E-state index contributed by atoms with van der Waals surface area (Å²) in [5, 5.41) is 12.2. The predicted molar refractivity (Wildman–Crippen MR) is 78.6 cm³/mol. The monoisotopic (exact) mass is 285 g/mol. The number of nitrogens with zero attached hydrogens (tertiary/aromatic N) is 5. The lowest BCUT2D eigenvalue weighted by molar-refractivity contribution is 0.0991. The fourth-order valence-electron chi connectivity index (χ4n) is 2.72. The molecule has 7 heteroatoms. The molecule has 0 unspecified atom stereocenters. The lowest BCUT2D eigenvalue weighted by atomic mass is 10.2. The summed E-state index contributed by atoms with van der Waals surface area (Å²) in [6.07, 6.45) is 3.74. The number of rotatable bonds is 2. The number of hydrogen-bond donors (Lipinski definition) is 1. The Hall–Kier alpha value is -2.41. The normalized spacial score (nSPS) is 20.0. The summed E-state index contributed by atoms with van der Waals surface area (Å²) in [6.45, 7) is 4.29. The summed E-state index contributed by atoms with van der Waals surface area (Å²) in [4.78, 5) is 6.58. The van der Waals surface area contributed by atoms with Crippen molar-refractivity contribution in [1.29, 1.82) is 0 Å². The molecule has 0 spiro atoms. The number of nitrogens with one attached hydrogen (secondary N) is 1. The largest absolute Gasteiger partial charge is 0.377 e. The third kappa shape index (κ3) is 1.97. The maximum Gasteiger partial charge on any atom is 0.177 e. The summed E-state index contributed by atoms with van der Waals surface area (Å²) >= 11 is 0. The van der Waals surface area contributed by atoms with Gasteiger partial charge in [-0.2, -0.15) is 14.9 Å². The van der Waals surface area contributed by atoms with Crippen LogP contribution in [0.4, 0.5) is 5.69 Å². The van der Waals surface area contributed by atoms with E-state index in [2.05, 4.69) is 32.1 Å². The molecule has 4 heterocycles. The highest BCUT2D eigenvalue weighted by Crippen LogP contribution is 2.28. The van der Waals surface area contributed by atoms with Crippen LogP contribution in [0.1, 0.15) is 8.29 Å². The number of aromatic amines is 1. The molecule has 1 N–H and O–H groups in total. The van der Waals surface area contributed by atoms with Crippen LogP contribution < -0.4 is 4.90 Å². The number of aromatic nitrogens is 5. The molecule has 21 heavy (non-hydrogen) atoms. The second-order valence-electron chi connectivity index (χ2n) is 5.11. The SMILES string of the molecule is [2H]c1cc(N2CCOC[C@H]2C)c2cnn(-c3cc[nH]n3)c2n1. The quantitative estimate of drug-likeness (QED) is 0.770. The molecule has 1 aliphatic rings. The smallest absolute Gasteiger partial charge is 0.177 e. The minimum atomic E-state index is 0.221. The van der Waals surface area contributed by atoms with E-state index in [0.29, 0.717) is 24.7 Å². The molecule has 0 radical (unpaired) electrons. The number of fused-ring (bicyclic) bond motifs is 1. The van der Waals surface area contributed by atoms with E-state index in [1.807, 2.05) is 6.07 Å². The molecule has 0 bridgehead atoms. The van der Waals surface area contributed by atoms with Crippen molar-refractivity contribution in [3.05, 3.63) is 30.7 Å². The van der Waals surface area contributed by atoms with Crippen LogP contribution in [0.2, 0.25) is 0 Å². The molecule has 3 aromatic rings. The standard InChI is InChI=1S/C14H16N6O/c1-10-9-21-7-6-19(10)12-2-4-15-14-11(12)8-17-20(14)13-3-5-16-18-13/h2-5,8,10H,6-7,9H2,1H3,(H,16,18)/t10-/m1/s1/i4D. The van der Waals surface area contributed by atoms with E-state index >= 15 is 0 Å². The molecule has 0 amide bonds. The molecule has 0 aliphatic carbocycles. The first-order valence-electron chi connectivity index (χ1n) is 7.44. The van der Waals surface area contributed by atoms with E-state index in [1.165, 1.54) is 0 Å². The number of hydrogen-bond acceptors (Lipinski definition) is 5. The Labute approximate surface area is 122 Å². The Morgan fingerprint density at radius 3 is 3.24 bits per heavy atom. The highest BCUT2D eigenvalue weighted by Gasteiger charge is 2.22. The van der Waals surface area contributed by atoms with Gasteiger partial charge < -0.3 is 9.64 Å². The molecule has 0 aromatic carbocycles. The van der Waals surface area contributed by atoms with Crippen molar-refractivity contribution in [1.82, 2.24) is 25.0 Å². The van der Waals surface area contributed by atoms with E-state index in [4.69, 9.17) is 6.11 Å². The summed E-state index contributed by atoms with van der Waals surface area (Å²) in [6, 6.07) is 3.87. The molecular weight excluding hydrogens is 268 g/mol. The first kappa shape index (κ1) is 11.3. The molecule has 1 fully saturated rings. The van der Waals surface area contributed by atoms with Gasteiger partial charge in [-0.15, -0.1) is 0 Å². The number of pyridine rings is 1. The van der Waals surface area contributed by atoms with E-state index in [1.54, 1.807) is 23.1 Å². The molecule has 3 aromatic heterocycles. The van der Waals surface area contributed by atoms with E-state index < -0.39 is 0 Å². The van der Waals surface area contributed by atoms with E-state index in [-0.39, 0.29) is 12.2 Å². The van der Waals surface area contributed by atoms with Crippen LogP contribution in [0.25, 0.3) is 16.9 Å². The van der Waals surface area contributed by atoms with Gasteiger partial charge in [0.1, 0.15) is 0 Å². The summed E-state index contributed by atoms with van der Waals surface area (Å²) in [5.74, 6) is 0.661. The van der Waals surface area contributed by atoms with Crippen LogP contribution in [0.5, 0.6) is 0 Å². The second kappa shape index (κ2) is 4.85. The van der Waals surface area contributed by atoms with Gasteiger partial charge in [0.15, 0.2) is 11.5 Å². The molecule has 7 nitrogen and oxygen atoms in total. The fourth-order valence-corrected chi connectivity index (χ4v) is 2.72. The van der Waals surface area contributed by atoms with Crippen molar-refractivity contribution in [3.8, 4) is 5.82 Å². The van der Waals surface area contributed by atoms with Crippen molar-refractivity contribution in [3.63, 3.8) is 0 Å². The number of morpholine rings is 1. The molecule has 0 saturated carbocycles. The van der Waals surface area contributed by atoms with Gasteiger partial charge in [0, 0.05) is 31.0 Å². The minimum absolute atomic E-state index is 0.221. The third-order valence-electron chi connectivity index (χ3n) is 3.77. The van der Waals surface area contributed by atoms with Crippen molar-refractivity contribution < 1.29 is 6.11 Å². The fraction of sp³-hybridized carbons (Fsp3) is 0.357. The summed E-state index contributed by atoms with van der Waals surface area (Å²) in [7, 11) is 0. The van der Waals surface area contributed by atoms with Crippen LogP contribution in [-0.4, -0.2) is 50.8 Å². The third-order valence-corrected chi connectivity index (χ3v) is 3.77. The molecule has 108 valence electrons. The molecule has 1 saturated heterocycles. The average molecular weight is 285 g/mol. The highest BCUT2D eigenvalue weighted by atomic mass is 16.5. The zero-order valence-corrected chi connectivity index (χ0v) is 11.7. The lowest BCUT2D eigenvalue weighted by Gasteiger charge is -2.35. The van der Waals surface area contributed by atoms with Gasteiger partial charge in [0.05, 0.1) is 31.9 Å². The van der Waals surface area contributed by atoms with Crippen molar-refractivity contribution in [2.45, 2.75) is 13.0 Å². The first-order valence-corrected chi connectivity index (χ1v) is 6.94. The molecule has 4 rings (SSSR count). The first-order chi connectivity index (χ1) is 10.7. The minimum Gasteiger partial charge on any atom is -0.377 e. The highest BCUT2D eigenvalue weighted by molar-refractivity contribution is 5.90. The summed E-state index contributed by atoms with van der Waals surface area (Å²) < 4.78 is 15.2. The topological polar surface area (TPSA) is 71.9 Å². The molecular formula is C14H16N6O. The van der Waals surface area contributed by atoms with Gasteiger partial charge in [-0.05, 0) is 13.0 Å². The molecule has 1 atom stereocenters. The average Bonchev–Trinajstić information content (AvgIpc) is 3.15. The van der Waals surface area contributed by atoms with Gasteiger partial charge in [0.2, 0.25) is 0 Å². The maximum atomic E-state index is 8.02. The van der Waals surface area contributed by atoms with Crippen molar-refractivity contribution in [2.24, 2.45) is 0 Å². The zero-order valence-electron chi connectivity index (χ0n) is 12.7. The summed E-state index contributed by atoms with van der Waals surface area (Å²) in [5.41, 5.74) is 1.63. The van der Waals surface area contributed by atoms with Gasteiger partial charge in [0.25, 0.3) is 0 Å². The Kier molecular flexibility index (Phi) is 2.60. The second-order valence-corrected chi connectivity index (χ2v) is 5.11.